The maximum Gasteiger partial charge on any atom is 0.300 e. The Morgan fingerprint density at radius 3 is 2.23 bits per heavy atom. The minimum Gasteiger partial charge on any atom is -0.507 e. The predicted octanol–water partition coefficient (Wildman–Crippen LogP) is 4.48. The molecular formula is C23H17BrN2O4. The number of carbonyl (C=O) groups excluding carboxylic acids is 2. The number of benzene rings is 2. The molecule has 0 radical (unpaired) electrons. The molecule has 3 aromatic rings. The summed E-state index contributed by atoms with van der Waals surface area (Å²) in [5, 5.41) is 11.0. The van der Waals surface area contributed by atoms with E-state index in [1.165, 1.54) is 4.90 Å². The van der Waals surface area contributed by atoms with Gasteiger partial charge in [-0.15, -0.1) is 0 Å². The van der Waals surface area contributed by atoms with Crippen LogP contribution in [0.15, 0.2) is 83.1 Å². The number of pyridine rings is 1. The lowest BCUT2D eigenvalue weighted by Gasteiger charge is -2.25. The van der Waals surface area contributed by atoms with Crippen LogP contribution in [0.3, 0.4) is 0 Å². The van der Waals surface area contributed by atoms with Gasteiger partial charge in [0.05, 0.1) is 18.7 Å². The molecule has 0 aliphatic carbocycles. The van der Waals surface area contributed by atoms with E-state index in [9.17, 15) is 14.7 Å². The molecule has 1 saturated heterocycles. The Morgan fingerprint density at radius 2 is 1.63 bits per heavy atom. The van der Waals surface area contributed by atoms with E-state index >= 15 is 0 Å². The van der Waals surface area contributed by atoms with Crippen LogP contribution in [0.5, 0.6) is 5.75 Å². The van der Waals surface area contributed by atoms with E-state index < -0.39 is 17.7 Å². The summed E-state index contributed by atoms with van der Waals surface area (Å²) in [7, 11) is 1.55. The van der Waals surface area contributed by atoms with Crippen LogP contribution in [0.25, 0.3) is 5.76 Å². The molecule has 1 amide bonds. The normalized spacial score (nSPS) is 17.9. The average Bonchev–Trinajstić information content (AvgIpc) is 3.05. The molecule has 1 unspecified atom stereocenters. The highest BCUT2D eigenvalue weighted by Gasteiger charge is 2.46. The van der Waals surface area contributed by atoms with E-state index in [1.807, 2.05) is 0 Å². The van der Waals surface area contributed by atoms with E-state index in [0.29, 0.717) is 22.6 Å². The fraction of sp³-hybridized carbons (Fsp3) is 0.0870. The number of aliphatic hydroxyl groups excluding tert-OH is 1. The Bertz CT molecular complexity index is 1130. The van der Waals surface area contributed by atoms with Crippen molar-refractivity contribution in [3.05, 3.63) is 94.2 Å². The molecule has 1 aromatic heterocycles. The Morgan fingerprint density at radius 1 is 1.00 bits per heavy atom. The molecule has 30 heavy (non-hydrogen) atoms. The zero-order chi connectivity index (χ0) is 21.3. The third-order valence-corrected chi connectivity index (χ3v) is 5.46. The van der Waals surface area contributed by atoms with Crippen molar-refractivity contribution in [2.24, 2.45) is 0 Å². The zero-order valence-corrected chi connectivity index (χ0v) is 17.5. The first-order valence-electron chi connectivity index (χ1n) is 9.12. The lowest BCUT2D eigenvalue weighted by molar-refractivity contribution is -0.132. The maximum atomic E-state index is 13.0. The summed E-state index contributed by atoms with van der Waals surface area (Å²) in [6, 6.07) is 16.4. The smallest absolute Gasteiger partial charge is 0.300 e. The summed E-state index contributed by atoms with van der Waals surface area (Å²) in [6.07, 6.45) is 3.17. The van der Waals surface area contributed by atoms with Crippen molar-refractivity contribution in [3.63, 3.8) is 0 Å². The van der Waals surface area contributed by atoms with Crippen LogP contribution in [0.2, 0.25) is 0 Å². The van der Waals surface area contributed by atoms with Gasteiger partial charge in [0, 0.05) is 28.1 Å². The first kappa shape index (κ1) is 19.8. The summed E-state index contributed by atoms with van der Waals surface area (Å²) in [5.74, 6) is -1.04. The second-order valence-electron chi connectivity index (χ2n) is 6.65. The van der Waals surface area contributed by atoms with Gasteiger partial charge in [0.25, 0.3) is 11.7 Å². The fourth-order valence-corrected chi connectivity index (χ4v) is 3.73. The summed E-state index contributed by atoms with van der Waals surface area (Å²) in [6.45, 7) is 0. The molecule has 1 fully saturated rings. The summed E-state index contributed by atoms with van der Waals surface area (Å²) < 4.78 is 6.02. The van der Waals surface area contributed by atoms with Crippen LogP contribution in [-0.2, 0) is 9.59 Å². The van der Waals surface area contributed by atoms with E-state index in [2.05, 4.69) is 20.9 Å². The van der Waals surface area contributed by atoms with Gasteiger partial charge in [0.1, 0.15) is 11.5 Å². The van der Waals surface area contributed by atoms with Crippen LogP contribution < -0.4 is 9.64 Å². The number of methoxy groups -OCH3 is 1. The number of carbonyl (C=O) groups is 2. The van der Waals surface area contributed by atoms with E-state index in [-0.39, 0.29) is 11.3 Å². The summed E-state index contributed by atoms with van der Waals surface area (Å²) in [4.78, 5) is 31.5. The van der Waals surface area contributed by atoms with Crippen molar-refractivity contribution < 1.29 is 19.4 Å². The molecule has 150 valence electrons. The number of ketones is 1. The molecule has 2 aromatic carbocycles. The van der Waals surface area contributed by atoms with Crippen molar-refractivity contribution >= 4 is 39.1 Å². The van der Waals surface area contributed by atoms with Crippen molar-refractivity contribution in [2.45, 2.75) is 6.04 Å². The molecule has 2 heterocycles. The number of aliphatic hydroxyl groups is 1. The second-order valence-corrected chi connectivity index (χ2v) is 7.57. The number of halogens is 1. The molecule has 6 nitrogen and oxygen atoms in total. The number of anilines is 1. The molecule has 0 spiro atoms. The van der Waals surface area contributed by atoms with E-state index in [0.717, 1.165) is 4.47 Å². The van der Waals surface area contributed by atoms with Crippen molar-refractivity contribution in [1.82, 2.24) is 4.98 Å². The highest BCUT2D eigenvalue weighted by Crippen LogP contribution is 2.42. The SMILES string of the molecule is COc1ccc(N2C(=O)C(=O)/C(=C(\O)c3ccc(Br)cc3)C2c2ccncc2)cc1. The number of rotatable bonds is 4. The number of Topliss-reactive ketones (excluding diaryl/α,β-unsaturated/α-hetero) is 1. The van der Waals surface area contributed by atoms with Crippen LogP contribution in [0.1, 0.15) is 17.2 Å². The van der Waals surface area contributed by atoms with E-state index in [4.69, 9.17) is 4.74 Å². The second kappa shape index (κ2) is 8.12. The summed E-state index contributed by atoms with van der Waals surface area (Å²) >= 11 is 3.36. The van der Waals surface area contributed by atoms with Gasteiger partial charge in [-0.2, -0.15) is 0 Å². The maximum absolute atomic E-state index is 13.0. The molecular weight excluding hydrogens is 448 g/mol. The van der Waals surface area contributed by atoms with E-state index in [1.54, 1.807) is 80.2 Å². The molecule has 1 aliphatic heterocycles. The van der Waals surface area contributed by atoms with Gasteiger partial charge < -0.3 is 9.84 Å². The Balaban J connectivity index is 1.90. The van der Waals surface area contributed by atoms with Gasteiger partial charge in [0.2, 0.25) is 0 Å². The number of hydrogen-bond donors (Lipinski definition) is 1. The number of nitrogens with zero attached hydrogens (tertiary/aromatic N) is 2. The fourth-order valence-electron chi connectivity index (χ4n) is 3.47. The van der Waals surface area contributed by atoms with Gasteiger partial charge in [-0.3, -0.25) is 19.5 Å². The van der Waals surface area contributed by atoms with Crippen LogP contribution in [-0.4, -0.2) is 28.9 Å². The van der Waals surface area contributed by atoms with Crippen molar-refractivity contribution in [2.75, 3.05) is 12.0 Å². The number of amides is 1. The summed E-state index contributed by atoms with van der Waals surface area (Å²) in [5.41, 5.74) is 1.67. The lowest BCUT2D eigenvalue weighted by atomic mass is 9.96. The van der Waals surface area contributed by atoms with Crippen LogP contribution in [0.4, 0.5) is 5.69 Å². The highest BCUT2D eigenvalue weighted by atomic mass is 79.9. The Hall–Kier alpha value is -3.45. The quantitative estimate of drug-likeness (QED) is 0.349. The highest BCUT2D eigenvalue weighted by molar-refractivity contribution is 9.10. The zero-order valence-electron chi connectivity index (χ0n) is 15.9. The van der Waals surface area contributed by atoms with Crippen LogP contribution in [0, 0.1) is 0 Å². The van der Waals surface area contributed by atoms with Crippen molar-refractivity contribution in [3.8, 4) is 5.75 Å². The molecule has 1 N–H and O–H groups in total. The monoisotopic (exact) mass is 464 g/mol. The van der Waals surface area contributed by atoms with Crippen LogP contribution >= 0.6 is 15.9 Å². The van der Waals surface area contributed by atoms with Gasteiger partial charge >= 0.3 is 0 Å². The molecule has 4 rings (SSSR count). The standard InChI is InChI=1S/C23H17BrN2O4/c1-30-18-8-6-17(7-9-18)26-20(14-10-12-25-13-11-14)19(22(28)23(26)29)21(27)15-2-4-16(24)5-3-15/h2-13,20,27H,1H3/b21-19-. The predicted molar refractivity (Wildman–Crippen MR) is 116 cm³/mol. The number of ether oxygens (including phenoxy) is 1. The number of aromatic nitrogens is 1. The van der Waals surface area contributed by atoms with Crippen molar-refractivity contribution in [1.29, 1.82) is 0 Å². The van der Waals surface area contributed by atoms with Gasteiger partial charge in [-0.25, -0.2) is 0 Å². The van der Waals surface area contributed by atoms with Gasteiger partial charge in [-0.05, 0) is 54.1 Å². The molecule has 7 heteroatoms. The minimum atomic E-state index is -0.787. The molecule has 0 bridgehead atoms. The minimum absolute atomic E-state index is 0.0318. The first-order valence-corrected chi connectivity index (χ1v) is 9.91. The largest absolute Gasteiger partial charge is 0.507 e. The van der Waals surface area contributed by atoms with Gasteiger partial charge in [-0.1, -0.05) is 28.1 Å². The molecule has 1 atom stereocenters. The Labute approximate surface area is 181 Å². The third kappa shape index (κ3) is 3.48. The average molecular weight is 465 g/mol. The molecule has 0 saturated carbocycles. The topological polar surface area (TPSA) is 79.7 Å². The Kier molecular flexibility index (Phi) is 5.37. The van der Waals surface area contributed by atoms with Gasteiger partial charge in [0.15, 0.2) is 0 Å². The first-order chi connectivity index (χ1) is 14.5. The third-order valence-electron chi connectivity index (χ3n) is 4.93. The molecule has 1 aliphatic rings. The number of hydrogen-bond acceptors (Lipinski definition) is 5. The lowest BCUT2D eigenvalue weighted by Crippen LogP contribution is -2.29.